The number of fused-ring (bicyclic) bond motifs is 15. The van der Waals surface area contributed by atoms with Gasteiger partial charge in [-0.1, -0.05) is 115 Å². The molecule has 0 radical (unpaired) electrons. The molecule has 4 heteroatoms. The lowest BCUT2D eigenvalue weighted by Crippen LogP contribution is -2.55. The minimum absolute atomic E-state index is 0.0192. The van der Waals surface area contributed by atoms with Gasteiger partial charge in [-0.3, -0.25) is 0 Å². The van der Waals surface area contributed by atoms with E-state index < -0.39 is 0 Å². The third kappa shape index (κ3) is 2.51. The van der Waals surface area contributed by atoms with E-state index in [0.29, 0.717) is 0 Å². The van der Waals surface area contributed by atoms with Gasteiger partial charge in [0.15, 0.2) is 0 Å². The van der Waals surface area contributed by atoms with Crippen molar-refractivity contribution in [3.63, 3.8) is 0 Å². The molecule has 0 bridgehead atoms. The molecule has 14 rings (SSSR count). The Labute approximate surface area is 285 Å². The van der Waals surface area contributed by atoms with Crippen molar-refractivity contribution in [2.24, 2.45) is 0 Å². The molecule has 2 aliphatic heterocycles. The highest BCUT2D eigenvalue weighted by Gasteiger charge is 2.44. The fourth-order valence-electron chi connectivity index (χ4n) is 10.5. The number of hydrogen-bond donors (Lipinski definition) is 0. The van der Waals surface area contributed by atoms with Gasteiger partial charge >= 0.3 is 6.85 Å². The summed E-state index contributed by atoms with van der Waals surface area (Å²) in [6.45, 7) is -0.0192. The molecule has 3 aliphatic rings. The monoisotopic (exact) mass is 630 g/mol. The molecule has 5 heterocycles. The van der Waals surface area contributed by atoms with E-state index in [0.717, 1.165) is 11.2 Å². The molecule has 8 aromatic carbocycles. The van der Waals surface area contributed by atoms with Crippen LogP contribution in [0.15, 0.2) is 144 Å². The molecule has 0 saturated heterocycles. The van der Waals surface area contributed by atoms with E-state index in [-0.39, 0.29) is 6.85 Å². The normalized spacial score (nSPS) is 13.6. The first-order chi connectivity index (χ1) is 24.8. The smallest absolute Gasteiger partial charge is 0.333 e. The second-order valence-electron chi connectivity index (χ2n) is 14.3. The Morgan fingerprint density at radius 1 is 0.460 bits per heavy atom. The fraction of sp³-hybridized carbons (Fsp3) is 0. The van der Waals surface area contributed by atoms with Crippen LogP contribution in [0.1, 0.15) is 0 Å². The topological polar surface area (TPSA) is 23.0 Å². The molecule has 0 spiro atoms. The third-order valence-electron chi connectivity index (χ3n) is 12.2. The first-order valence-corrected chi connectivity index (χ1v) is 17.5. The van der Waals surface area contributed by atoms with E-state index in [4.69, 9.17) is 4.42 Å². The molecule has 3 aromatic heterocycles. The number of nitrogens with zero attached hydrogens (tertiary/aromatic N) is 2. The van der Waals surface area contributed by atoms with Crippen LogP contribution in [0.2, 0.25) is 0 Å². The Bertz CT molecular complexity index is 3450. The van der Waals surface area contributed by atoms with Crippen molar-refractivity contribution >= 4 is 94.1 Å². The van der Waals surface area contributed by atoms with Gasteiger partial charge in [-0.05, 0) is 67.7 Å². The first kappa shape index (κ1) is 24.6. The predicted molar refractivity (Wildman–Crippen MR) is 209 cm³/mol. The molecule has 0 amide bonds. The minimum atomic E-state index is -0.0192. The zero-order valence-corrected chi connectivity index (χ0v) is 26.7. The van der Waals surface area contributed by atoms with E-state index in [1.807, 2.05) is 0 Å². The maximum Gasteiger partial charge on any atom is 0.333 e. The Hall–Kier alpha value is -6.52. The van der Waals surface area contributed by atoms with Crippen molar-refractivity contribution in [2.45, 2.75) is 0 Å². The molecule has 0 N–H and O–H groups in total. The van der Waals surface area contributed by atoms with Crippen LogP contribution in [0.25, 0.3) is 115 Å². The van der Waals surface area contributed by atoms with Crippen LogP contribution in [0.3, 0.4) is 0 Å². The summed E-state index contributed by atoms with van der Waals surface area (Å²) in [5.74, 6) is 0. The Kier molecular flexibility index (Phi) is 3.95. The maximum atomic E-state index is 6.79. The predicted octanol–water partition coefficient (Wildman–Crippen LogP) is 10.5. The van der Waals surface area contributed by atoms with E-state index >= 15 is 0 Å². The van der Waals surface area contributed by atoms with Crippen molar-refractivity contribution in [3.05, 3.63) is 140 Å². The summed E-state index contributed by atoms with van der Waals surface area (Å²) in [4.78, 5) is 0. The molecular formula is C46H23BN2O. The average Bonchev–Trinajstić information content (AvgIpc) is 3.80. The van der Waals surface area contributed by atoms with Crippen LogP contribution in [0, 0.1) is 0 Å². The standard InChI is InChI=1S/C46H23BN2O/c1-2-12-26-25(11-1)28-15-7-10-24-22-33-46-43(39(24)28)40-29(26)16-9-20-35(40)48(46)36-23-38-41(31-14-4-6-21-37(31)50-38)42-32-18-8-17-30-27-13-3-5-19-34(27)49(45(30)32)47(33)44(36)42/h1-23H. The highest BCUT2D eigenvalue weighted by molar-refractivity contribution is 6.90. The largest absolute Gasteiger partial charge is 0.456 e. The quantitative estimate of drug-likeness (QED) is 0.153. The Morgan fingerprint density at radius 3 is 2.04 bits per heavy atom. The van der Waals surface area contributed by atoms with E-state index in [1.54, 1.807) is 0 Å². The van der Waals surface area contributed by atoms with Crippen LogP contribution in [0.4, 0.5) is 0 Å². The zero-order valence-electron chi connectivity index (χ0n) is 26.7. The Balaban J connectivity index is 1.32. The average molecular weight is 631 g/mol. The molecule has 0 atom stereocenters. The summed E-state index contributed by atoms with van der Waals surface area (Å²) >= 11 is 0. The summed E-state index contributed by atoms with van der Waals surface area (Å²) in [6.07, 6.45) is 0. The van der Waals surface area contributed by atoms with Crippen molar-refractivity contribution in [3.8, 4) is 39.1 Å². The number of furan rings is 1. The second-order valence-corrected chi connectivity index (χ2v) is 14.3. The first-order valence-electron chi connectivity index (χ1n) is 17.5. The van der Waals surface area contributed by atoms with Gasteiger partial charge in [-0.15, -0.1) is 0 Å². The van der Waals surface area contributed by atoms with Crippen LogP contribution in [0.5, 0.6) is 0 Å². The van der Waals surface area contributed by atoms with Crippen molar-refractivity contribution in [1.29, 1.82) is 0 Å². The molecule has 0 unspecified atom stereocenters. The molecular weight excluding hydrogens is 607 g/mol. The lowest BCUT2D eigenvalue weighted by molar-refractivity contribution is 0.669. The number of aromatic nitrogens is 2. The molecule has 50 heavy (non-hydrogen) atoms. The fourth-order valence-corrected chi connectivity index (χ4v) is 10.5. The number of para-hydroxylation sites is 3. The SMILES string of the molecule is c1ccc2c(c1)-c1cccc3cc4c5c(c13)c1c-2cccc1n5-c1cc2oc3ccccc3c2c2c1B4n1c3ccccc3c3cccc-2c31. The van der Waals surface area contributed by atoms with E-state index in [1.165, 1.54) is 115 Å². The molecule has 226 valence electrons. The summed E-state index contributed by atoms with van der Waals surface area (Å²) in [5, 5.41) is 10.3. The van der Waals surface area contributed by atoms with E-state index in [2.05, 4.69) is 149 Å². The van der Waals surface area contributed by atoms with E-state index in [9.17, 15) is 0 Å². The molecule has 3 nitrogen and oxygen atoms in total. The number of hydrogen-bond acceptors (Lipinski definition) is 1. The summed E-state index contributed by atoms with van der Waals surface area (Å²) in [7, 11) is 0. The molecule has 11 aromatic rings. The van der Waals surface area contributed by atoms with Crippen molar-refractivity contribution in [2.75, 3.05) is 0 Å². The molecule has 0 fully saturated rings. The van der Waals surface area contributed by atoms with Gasteiger partial charge < -0.3 is 13.5 Å². The maximum absolute atomic E-state index is 6.79. The summed E-state index contributed by atoms with van der Waals surface area (Å²) < 4.78 is 12.0. The van der Waals surface area contributed by atoms with Crippen molar-refractivity contribution < 1.29 is 4.42 Å². The highest BCUT2D eigenvalue weighted by atomic mass is 16.3. The van der Waals surface area contributed by atoms with Gasteiger partial charge in [-0.25, -0.2) is 0 Å². The van der Waals surface area contributed by atoms with Gasteiger partial charge in [0.25, 0.3) is 0 Å². The molecule has 1 aliphatic carbocycles. The minimum Gasteiger partial charge on any atom is -0.456 e. The van der Waals surface area contributed by atoms with Gasteiger partial charge in [0.05, 0.1) is 11.0 Å². The van der Waals surface area contributed by atoms with Crippen LogP contribution >= 0.6 is 0 Å². The van der Waals surface area contributed by atoms with Crippen LogP contribution < -0.4 is 10.9 Å². The van der Waals surface area contributed by atoms with Gasteiger partial charge in [0.2, 0.25) is 0 Å². The summed E-state index contributed by atoms with van der Waals surface area (Å²) in [5.41, 5.74) is 18.7. The zero-order chi connectivity index (χ0) is 32.0. The second kappa shape index (κ2) is 8.02. The van der Waals surface area contributed by atoms with Gasteiger partial charge in [0.1, 0.15) is 11.2 Å². The molecule has 0 saturated carbocycles. The van der Waals surface area contributed by atoms with Crippen LogP contribution in [-0.4, -0.2) is 15.9 Å². The lowest BCUT2D eigenvalue weighted by atomic mass is 9.45. The van der Waals surface area contributed by atoms with Gasteiger partial charge in [-0.2, -0.15) is 0 Å². The Morgan fingerprint density at radius 2 is 1.14 bits per heavy atom. The van der Waals surface area contributed by atoms with Gasteiger partial charge in [0, 0.05) is 60.7 Å². The van der Waals surface area contributed by atoms with Crippen LogP contribution in [-0.2, 0) is 0 Å². The number of benzene rings is 8. The van der Waals surface area contributed by atoms with Crippen molar-refractivity contribution in [1.82, 2.24) is 9.05 Å². The summed E-state index contributed by atoms with van der Waals surface area (Å²) in [6, 6.07) is 52.1. The third-order valence-corrected chi connectivity index (χ3v) is 12.2. The lowest BCUT2D eigenvalue weighted by Gasteiger charge is -2.34. The highest BCUT2D eigenvalue weighted by Crippen LogP contribution is 2.52. The number of rotatable bonds is 0.